The highest BCUT2D eigenvalue weighted by Crippen LogP contribution is 2.24. The molecule has 3 nitrogen and oxygen atoms in total. The van der Waals surface area contributed by atoms with Gasteiger partial charge in [-0.2, -0.15) is 0 Å². The first kappa shape index (κ1) is 9.71. The lowest BCUT2D eigenvalue weighted by Crippen LogP contribution is -2.11. The van der Waals surface area contributed by atoms with Gasteiger partial charge < -0.3 is 5.32 Å². The summed E-state index contributed by atoms with van der Waals surface area (Å²) >= 11 is 5.75. The highest BCUT2D eigenvalue weighted by Gasteiger charge is 2.14. The molecule has 2 rings (SSSR count). The van der Waals surface area contributed by atoms with Crippen molar-refractivity contribution in [2.24, 2.45) is 5.92 Å². The lowest BCUT2D eigenvalue weighted by Gasteiger charge is -2.10. The summed E-state index contributed by atoms with van der Waals surface area (Å²) < 4.78 is 0. The molecule has 1 aliphatic rings. The van der Waals surface area contributed by atoms with Crippen LogP contribution in [0, 0.1) is 5.92 Å². The van der Waals surface area contributed by atoms with Crippen molar-refractivity contribution >= 4 is 17.4 Å². The molecule has 1 aromatic heterocycles. The summed E-state index contributed by atoms with van der Waals surface area (Å²) in [6.07, 6.45) is 6.91. The Bertz CT molecular complexity index is 297. The maximum Gasteiger partial charge on any atom is 0.134 e. The normalized spacial score (nSPS) is 17.2. The minimum atomic E-state index is 0.494. The van der Waals surface area contributed by atoms with E-state index in [-0.39, 0.29) is 0 Å². The molecule has 0 bridgehead atoms. The Morgan fingerprint density at radius 1 is 1.36 bits per heavy atom. The summed E-state index contributed by atoms with van der Waals surface area (Å²) in [5.74, 6) is 1.64. The molecule has 0 atom stereocenters. The number of rotatable bonds is 3. The van der Waals surface area contributed by atoms with Gasteiger partial charge in [-0.3, -0.25) is 0 Å². The van der Waals surface area contributed by atoms with Crippen LogP contribution in [0.4, 0.5) is 5.82 Å². The lowest BCUT2D eigenvalue weighted by molar-refractivity contribution is 0.579. The number of hydrogen-bond acceptors (Lipinski definition) is 3. The Balaban J connectivity index is 1.85. The second kappa shape index (κ2) is 4.60. The van der Waals surface area contributed by atoms with Gasteiger partial charge in [-0.1, -0.05) is 24.4 Å². The average molecular weight is 212 g/mol. The first-order valence-electron chi connectivity index (χ1n) is 5.06. The smallest absolute Gasteiger partial charge is 0.134 e. The van der Waals surface area contributed by atoms with Crippen LogP contribution >= 0.6 is 11.6 Å². The Hall–Kier alpha value is -0.830. The molecule has 1 saturated carbocycles. The first-order chi connectivity index (χ1) is 6.84. The van der Waals surface area contributed by atoms with Crippen LogP contribution in [-0.2, 0) is 0 Å². The topological polar surface area (TPSA) is 37.8 Å². The molecule has 1 fully saturated rings. The van der Waals surface area contributed by atoms with Crippen LogP contribution in [0.1, 0.15) is 25.7 Å². The van der Waals surface area contributed by atoms with Crippen molar-refractivity contribution in [3.05, 3.63) is 17.5 Å². The van der Waals surface area contributed by atoms with Crippen molar-refractivity contribution < 1.29 is 0 Å². The van der Waals surface area contributed by atoms with E-state index in [1.807, 2.05) is 0 Å². The quantitative estimate of drug-likeness (QED) is 0.782. The standard InChI is InChI=1S/C10H14ClN3/c11-9-5-10(14-7-13-9)12-6-8-3-1-2-4-8/h5,7-8H,1-4,6H2,(H,12,13,14). The molecule has 4 heteroatoms. The number of halogens is 1. The molecule has 1 aromatic rings. The van der Waals surface area contributed by atoms with E-state index in [0.29, 0.717) is 5.15 Å². The Labute approximate surface area is 88.9 Å². The second-order valence-corrected chi connectivity index (χ2v) is 4.14. The maximum absolute atomic E-state index is 5.75. The third-order valence-electron chi connectivity index (χ3n) is 2.68. The van der Waals surface area contributed by atoms with E-state index in [0.717, 1.165) is 18.3 Å². The molecule has 0 saturated heterocycles. The molecule has 0 radical (unpaired) electrons. The molecule has 1 heterocycles. The van der Waals surface area contributed by atoms with Crippen LogP contribution in [-0.4, -0.2) is 16.5 Å². The van der Waals surface area contributed by atoms with E-state index in [9.17, 15) is 0 Å². The van der Waals surface area contributed by atoms with Gasteiger partial charge in [-0.25, -0.2) is 9.97 Å². The fourth-order valence-electron chi connectivity index (χ4n) is 1.89. The predicted octanol–water partition coefficient (Wildman–Crippen LogP) is 2.73. The zero-order valence-corrected chi connectivity index (χ0v) is 8.80. The van der Waals surface area contributed by atoms with Gasteiger partial charge in [0, 0.05) is 12.6 Å². The Morgan fingerprint density at radius 3 is 2.86 bits per heavy atom. The molecule has 0 aliphatic heterocycles. The molecule has 0 unspecified atom stereocenters. The number of nitrogens with one attached hydrogen (secondary N) is 1. The highest BCUT2D eigenvalue weighted by atomic mass is 35.5. The van der Waals surface area contributed by atoms with Crippen LogP contribution < -0.4 is 5.32 Å². The van der Waals surface area contributed by atoms with Crippen LogP contribution in [0.5, 0.6) is 0 Å². The van der Waals surface area contributed by atoms with Crippen molar-refractivity contribution in [2.75, 3.05) is 11.9 Å². The van der Waals surface area contributed by atoms with Crippen molar-refractivity contribution in [2.45, 2.75) is 25.7 Å². The monoisotopic (exact) mass is 211 g/mol. The van der Waals surface area contributed by atoms with E-state index >= 15 is 0 Å². The van der Waals surface area contributed by atoms with Crippen molar-refractivity contribution in [3.63, 3.8) is 0 Å². The fourth-order valence-corrected chi connectivity index (χ4v) is 2.04. The molecule has 0 spiro atoms. The fraction of sp³-hybridized carbons (Fsp3) is 0.600. The summed E-state index contributed by atoms with van der Waals surface area (Å²) in [7, 11) is 0. The molecule has 76 valence electrons. The van der Waals surface area contributed by atoms with Crippen LogP contribution in [0.25, 0.3) is 0 Å². The molecular weight excluding hydrogens is 198 g/mol. The lowest BCUT2D eigenvalue weighted by atomic mass is 10.1. The molecule has 0 amide bonds. The van der Waals surface area contributed by atoms with Crippen molar-refractivity contribution in [3.8, 4) is 0 Å². The van der Waals surface area contributed by atoms with Gasteiger partial charge in [0.1, 0.15) is 17.3 Å². The van der Waals surface area contributed by atoms with E-state index in [2.05, 4.69) is 15.3 Å². The zero-order valence-electron chi connectivity index (χ0n) is 8.04. The molecule has 1 N–H and O–H groups in total. The van der Waals surface area contributed by atoms with Crippen molar-refractivity contribution in [1.29, 1.82) is 0 Å². The number of aromatic nitrogens is 2. The summed E-state index contributed by atoms with van der Waals surface area (Å²) in [6, 6.07) is 1.76. The molecule has 14 heavy (non-hydrogen) atoms. The molecular formula is C10H14ClN3. The summed E-state index contributed by atoms with van der Waals surface area (Å²) in [5, 5.41) is 3.79. The van der Waals surface area contributed by atoms with Crippen LogP contribution in [0.3, 0.4) is 0 Å². The van der Waals surface area contributed by atoms with E-state index in [1.54, 1.807) is 6.07 Å². The first-order valence-corrected chi connectivity index (χ1v) is 5.44. The van der Waals surface area contributed by atoms with Gasteiger partial charge in [0.25, 0.3) is 0 Å². The van der Waals surface area contributed by atoms with Gasteiger partial charge in [0.05, 0.1) is 0 Å². The third kappa shape index (κ3) is 2.58. The van der Waals surface area contributed by atoms with E-state index < -0.39 is 0 Å². The number of nitrogens with zero attached hydrogens (tertiary/aromatic N) is 2. The van der Waals surface area contributed by atoms with Gasteiger partial charge in [-0.15, -0.1) is 0 Å². The van der Waals surface area contributed by atoms with Crippen LogP contribution in [0.2, 0.25) is 5.15 Å². The van der Waals surface area contributed by atoms with Gasteiger partial charge >= 0.3 is 0 Å². The zero-order chi connectivity index (χ0) is 9.80. The summed E-state index contributed by atoms with van der Waals surface area (Å²) in [6.45, 7) is 1.01. The number of anilines is 1. The number of hydrogen-bond donors (Lipinski definition) is 1. The van der Waals surface area contributed by atoms with Crippen LogP contribution in [0.15, 0.2) is 12.4 Å². The van der Waals surface area contributed by atoms with Crippen molar-refractivity contribution in [1.82, 2.24) is 9.97 Å². The van der Waals surface area contributed by atoms with Gasteiger partial charge in [0.15, 0.2) is 0 Å². The second-order valence-electron chi connectivity index (χ2n) is 3.76. The summed E-state index contributed by atoms with van der Waals surface area (Å²) in [5.41, 5.74) is 0. The van der Waals surface area contributed by atoms with Gasteiger partial charge in [-0.05, 0) is 18.8 Å². The minimum absolute atomic E-state index is 0.494. The SMILES string of the molecule is Clc1cc(NCC2CCCC2)ncn1. The average Bonchev–Trinajstić information content (AvgIpc) is 2.67. The maximum atomic E-state index is 5.75. The Morgan fingerprint density at radius 2 is 2.14 bits per heavy atom. The third-order valence-corrected chi connectivity index (χ3v) is 2.89. The summed E-state index contributed by atoms with van der Waals surface area (Å²) in [4.78, 5) is 7.93. The largest absolute Gasteiger partial charge is 0.370 e. The van der Waals surface area contributed by atoms with Gasteiger partial charge in [0.2, 0.25) is 0 Å². The Kier molecular flexibility index (Phi) is 3.19. The molecule has 1 aliphatic carbocycles. The predicted molar refractivity (Wildman–Crippen MR) is 57.5 cm³/mol. The molecule has 0 aromatic carbocycles. The van der Waals surface area contributed by atoms with E-state index in [1.165, 1.54) is 32.0 Å². The minimum Gasteiger partial charge on any atom is -0.370 e. The highest BCUT2D eigenvalue weighted by molar-refractivity contribution is 6.29. The van der Waals surface area contributed by atoms with E-state index in [4.69, 9.17) is 11.6 Å².